The number of hydrogen-bond donors (Lipinski definition) is 1. The number of amides is 2. The van der Waals surface area contributed by atoms with E-state index in [0.717, 1.165) is 5.56 Å². The zero-order valence-corrected chi connectivity index (χ0v) is 18.7. The molecule has 3 aromatic rings. The lowest BCUT2D eigenvalue weighted by Gasteiger charge is -2.31. The Labute approximate surface area is 196 Å². The van der Waals surface area contributed by atoms with E-state index in [-0.39, 0.29) is 24.8 Å². The van der Waals surface area contributed by atoms with E-state index in [9.17, 15) is 19.5 Å². The Kier molecular flexibility index (Phi) is 5.75. The second kappa shape index (κ2) is 8.87. The molecular weight excluding hydrogens is 434 g/mol. The summed E-state index contributed by atoms with van der Waals surface area (Å²) >= 11 is 0. The van der Waals surface area contributed by atoms with Crippen LogP contribution in [0, 0.1) is 5.92 Å². The van der Waals surface area contributed by atoms with Crippen LogP contribution >= 0.6 is 0 Å². The van der Waals surface area contributed by atoms with Crippen molar-refractivity contribution in [3.8, 4) is 0 Å². The number of aromatic nitrogens is 2. The van der Waals surface area contributed by atoms with Gasteiger partial charge in [0.15, 0.2) is 6.10 Å². The minimum Gasteiger partial charge on any atom is -0.464 e. The predicted octanol–water partition coefficient (Wildman–Crippen LogP) is 2.62. The van der Waals surface area contributed by atoms with Gasteiger partial charge in [-0.2, -0.15) is 0 Å². The molecule has 5 rings (SSSR count). The van der Waals surface area contributed by atoms with Crippen molar-refractivity contribution in [2.75, 3.05) is 11.5 Å². The number of imidazole rings is 1. The fraction of sp³-hybridized carbons (Fsp3) is 0.308. The van der Waals surface area contributed by atoms with Gasteiger partial charge in [0.05, 0.1) is 41.8 Å². The van der Waals surface area contributed by atoms with Crippen molar-refractivity contribution in [3.63, 3.8) is 0 Å². The van der Waals surface area contributed by atoms with Gasteiger partial charge in [-0.3, -0.25) is 9.59 Å². The van der Waals surface area contributed by atoms with Crippen molar-refractivity contribution >= 4 is 23.5 Å². The number of imide groups is 1. The smallest absolute Gasteiger partial charge is 0.335 e. The molecule has 2 heterocycles. The fourth-order valence-corrected chi connectivity index (χ4v) is 5.10. The molecule has 0 unspecified atom stereocenters. The van der Waals surface area contributed by atoms with Crippen molar-refractivity contribution in [2.24, 2.45) is 5.92 Å². The van der Waals surface area contributed by atoms with Crippen LogP contribution in [0.25, 0.3) is 0 Å². The molecule has 8 heteroatoms. The molecule has 8 nitrogen and oxygen atoms in total. The first kappa shape index (κ1) is 22.0. The summed E-state index contributed by atoms with van der Waals surface area (Å²) in [5, 5.41) is 10.8. The number of anilines is 1. The number of fused-ring (bicyclic) bond motifs is 3. The highest BCUT2D eigenvalue weighted by Gasteiger charge is 2.56. The maximum absolute atomic E-state index is 13.6. The number of ether oxygens (including phenoxy) is 1. The molecular formula is C26H25N3O5. The average molecular weight is 460 g/mol. The first-order valence-corrected chi connectivity index (χ1v) is 11.4. The summed E-state index contributed by atoms with van der Waals surface area (Å²) in [4.78, 5) is 45.3. The normalized spacial score (nSPS) is 22.3. The van der Waals surface area contributed by atoms with Gasteiger partial charge in [0.25, 0.3) is 0 Å². The summed E-state index contributed by atoms with van der Waals surface area (Å²) in [6.45, 7) is 2.24. The number of rotatable bonds is 6. The molecule has 1 aromatic heterocycles. The standard InChI is InChI=1S/C26H25N3O5/c1-2-34-26(33)23(30)19-13-18-20(25(32)29(24(18)31)17-11-7-4-8-12-17)22-21(19)27-15-28(22)14-16-9-5-3-6-10-16/h3-12,15,18-20,23,30H,2,13-14H2,1H3/t18-,19-,20-,23-/m0/s1. The van der Waals surface area contributed by atoms with Crippen molar-refractivity contribution in [3.05, 3.63) is 83.9 Å². The van der Waals surface area contributed by atoms with Crippen molar-refractivity contribution in [2.45, 2.75) is 37.8 Å². The molecule has 1 aliphatic carbocycles. The molecule has 1 fully saturated rings. The summed E-state index contributed by atoms with van der Waals surface area (Å²) in [6.07, 6.45) is 0.273. The van der Waals surface area contributed by atoms with Crippen LogP contribution < -0.4 is 4.90 Å². The van der Waals surface area contributed by atoms with Gasteiger partial charge in [0.2, 0.25) is 11.8 Å². The molecule has 0 radical (unpaired) electrons. The monoisotopic (exact) mass is 459 g/mol. The molecule has 2 aromatic carbocycles. The first-order chi connectivity index (χ1) is 16.5. The van der Waals surface area contributed by atoms with Crippen LogP contribution in [0.1, 0.15) is 42.1 Å². The third-order valence-electron chi connectivity index (χ3n) is 6.61. The Morgan fingerprint density at radius 3 is 2.44 bits per heavy atom. The van der Waals surface area contributed by atoms with Gasteiger partial charge in [0.1, 0.15) is 0 Å². The van der Waals surface area contributed by atoms with Crippen molar-refractivity contribution < 1.29 is 24.2 Å². The van der Waals surface area contributed by atoms with Gasteiger partial charge >= 0.3 is 5.97 Å². The lowest BCUT2D eigenvalue weighted by atomic mass is 9.73. The second-order valence-corrected chi connectivity index (χ2v) is 8.60. The van der Waals surface area contributed by atoms with Gasteiger partial charge in [-0.05, 0) is 31.0 Å². The van der Waals surface area contributed by atoms with E-state index < -0.39 is 29.8 Å². The Morgan fingerprint density at radius 2 is 1.76 bits per heavy atom. The van der Waals surface area contributed by atoms with E-state index in [0.29, 0.717) is 23.6 Å². The van der Waals surface area contributed by atoms with Crippen LogP contribution in [-0.2, 0) is 25.7 Å². The van der Waals surface area contributed by atoms with Gasteiger partial charge in [-0.1, -0.05) is 48.5 Å². The molecule has 4 atom stereocenters. The third kappa shape index (κ3) is 3.60. The summed E-state index contributed by atoms with van der Waals surface area (Å²) in [7, 11) is 0. The zero-order valence-electron chi connectivity index (χ0n) is 18.7. The molecule has 2 aliphatic rings. The van der Waals surface area contributed by atoms with Gasteiger partial charge in [0, 0.05) is 12.5 Å². The van der Waals surface area contributed by atoms with Crippen LogP contribution in [0.15, 0.2) is 67.0 Å². The third-order valence-corrected chi connectivity index (χ3v) is 6.61. The van der Waals surface area contributed by atoms with E-state index in [1.165, 1.54) is 4.90 Å². The van der Waals surface area contributed by atoms with Crippen LogP contribution in [0.3, 0.4) is 0 Å². The Balaban J connectivity index is 1.60. The number of benzene rings is 2. The molecule has 1 N–H and O–H groups in total. The number of para-hydroxylation sites is 1. The first-order valence-electron chi connectivity index (χ1n) is 11.4. The van der Waals surface area contributed by atoms with Crippen LogP contribution in [0.2, 0.25) is 0 Å². The minimum atomic E-state index is -1.48. The quantitative estimate of drug-likeness (QED) is 0.449. The topological polar surface area (TPSA) is 102 Å². The zero-order chi connectivity index (χ0) is 23.8. The lowest BCUT2D eigenvalue weighted by molar-refractivity contribution is -0.155. The molecule has 0 spiro atoms. The van der Waals surface area contributed by atoms with E-state index in [1.807, 2.05) is 41.0 Å². The van der Waals surface area contributed by atoms with E-state index in [4.69, 9.17) is 4.74 Å². The Morgan fingerprint density at radius 1 is 1.09 bits per heavy atom. The van der Waals surface area contributed by atoms with Crippen molar-refractivity contribution in [1.82, 2.24) is 9.55 Å². The van der Waals surface area contributed by atoms with E-state index in [1.54, 1.807) is 37.5 Å². The Bertz CT molecular complexity index is 1220. The van der Waals surface area contributed by atoms with Gasteiger partial charge in [-0.25, -0.2) is 14.7 Å². The number of carbonyl (C=O) groups is 3. The van der Waals surface area contributed by atoms with E-state index >= 15 is 0 Å². The van der Waals surface area contributed by atoms with Crippen LogP contribution in [-0.4, -0.2) is 45.2 Å². The van der Waals surface area contributed by atoms with E-state index in [2.05, 4.69) is 4.98 Å². The number of aliphatic hydroxyl groups is 1. The van der Waals surface area contributed by atoms with Crippen LogP contribution in [0.5, 0.6) is 0 Å². The summed E-state index contributed by atoms with van der Waals surface area (Å²) < 4.78 is 6.89. The largest absolute Gasteiger partial charge is 0.464 e. The fourth-order valence-electron chi connectivity index (χ4n) is 5.10. The van der Waals surface area contributed by atoms with Gasteiger partial charge < -0.3 is 14.4 Å². The summed E-state index contributed by atoms with van der Waals surface area (Å²) in [5.74, 6) is -3.60. The highest BCUT2D eigenvalue weighted by Crippen LogP contribution is 2.49. The van der Waals surface area contributed by atoms with Crippen molar-refractivity contribution in [1.29, 1.82) is 0 Å². The maximum atomic E-state index is 13.6. The molecule has 34 heavy (non-hydrogen) atoms. The number of carbonyl (C=O) groups excluding carboxylic acids is 3. The molecule has 0 bridgehead atoms. The summed E-state index contributed by atoms with van der Waals surface area (Å²) in [5.41, 5.74) is 2.55. The predicted molar refractivity (Wildman–Crippen MR) is 123 cm³/mol. The number of hydrogen-bond acceptors (Lipinski definition) is 6. The molecule has 1 saturated heterocycles. The number of aliphatic hydroxyl groups excluding tert-OH is 1. The average Bonchev–Trinajstić information content (AvgIpc) is 3.37. The highest BCUT2D eigenvalue weighted by molar-refractivity contribution is 6.24. The number of nitrogens with zero attached hydrogens (tertiary/aromatic N) is 3. The Hall–Kier alpha value is -3.78. The second-order valence-electron chi connectivity index (χ2n) is 8.60. The number of esters is 1. The molecule has 174 valence electrons. The molecule has 0 saturated carbocycles. The minimum absolute atomic E-state index is 0.128. The van der Waals surface area contributed by atoms with Crippen LogP contribution in [0.4, 0.5) is 5.69 Å². The molecule has 2 amide bonds. The maximum Gasteiger partial charge on any atom is 0.335 e. The SMILES string of the molecule is CCOC(=O)[C@@H](O)[C@H]1C[C@@H]2C(=O)N(c3ccccc3)C(=O)[C@@H]2c2c1ncn2Cc1ccccc1. The van der Waals surface area contributed by atoms with Gasteiger partial charge in [-0.15, -0.1) is 0 Å². The molecule has 1 aliphatic heterocycles. The lowest BCUT2D eigenvalue weighted by Crippen LogP contribution is -2.37. The highest BCUT2D eigenvalue weighted by atomic mass is 16.5. The summed E-state index contributed by atoms with van der Waals surface area (Å²) in [6, 6.07) is 18.5.